The third kappa shape index (κ3) is 3.63. The van der Waals surface area contributed by atoms with E-state index in [9.17, 15) is 17.3 Å². The first-order chi connectivity index (χ1) is 7.42. The van der Waals surface area contributed by atoms with Crippen molar-refractivity contribution < 1.29 is 22.8 Å². The maximum Gasteiger partial charge on any atom is 0.673 e. The van der Waals surface area contributed by atoms with E-state index in [1.165, 1.54) is 0 Å². The summed E-state index contributed by atoms with van der Waals surface area (Å²) in [4.78, 5) is 3.99. The van der Waals surface area contributed by atoms with Gasteiger partial charge in [0.2, 0.25) is 5.82 Å². The number of nitrogens with one attached hydrogen (secondary N) is 1. The Labute approximate surface area is 86.5 Å². The largest absolute Gasteiger partial charge is 0.673 e. The summed E-state index contributed by atoms with van der Waals surface area (Å²) in [5.41, 5.74) is 5.72. The van der Waals surface area contributed by atoms with E-state index in [1.807, 2.05) is 12.1 Å². The minimum Gasteiger partial charge on any atom is -0.418 e. The molecule has 16 heavy (non-hydrogen) atoms. The Hall–Kier alpha value is -2.00. The normalized spacial score (nSPS) is 10.8. The minimum atomic E-state index is -6.00. The molecule has 86 valence electrons. The fraction of sp³-hybridized carbons (Fsp3) is 0. The van der Waals surface area contributed by atoms with Crippen molar-refractivity contribution in [3.05, 3.63) is 18.3 Å². The van der Waals surface area contributed by atoms with Crippen LogP contribution in [-0.4, -0.2) is 22.4 Å². The van der Waals surface area contributed by atoms with Crippen LogP contribution in [0.5, 0.6) is 0 Å². The summed E-state index contributed by atoms with van der Waals surface area (Å²) >= 11 is 0. The number of halogens is 4. The molecule has 0 aliphatic carbocycles. The number of fused-ring (bicyclic) bond motifs is 1. The van der Waals surface area contributed by atoms with E-state index in [1.54, 1.807) is 6.20 Å². The quantitative estimate of drug-likeness (QED) is 0.440. The van der Waals surface area contributed by atoms with Gasteiger partial charge in [0, 0.05) is 11.3 Å². The van der Waals surface area contributed by atoms with E-state index in [0.717, 1.165) is 5.39 Å². The van der Waals surface area contributed by atoms with Gasteiger partial charge >= 0.3 is 7.25 Å². The molecule has 0 fully saturated rings. The zero-order chi connectivity index (χ0) is 12.2. The third-order valence-corrected chi connectivity index (χ3v) is 1.44. The topological polar surface area (TPSA) is 79.5 Å². The van der Waals surface area contributed by atoms with E-state index in [4.69, 9.17) is 5.53 Å². The van der Waals surface area contributed by atoms with Crippen LogP contribution in [0, 0.1) is 0 Å². The van der Waals surface area contributed by atoms with Gasteiger partial charge in [-0.15, -0.1) is 0 Å². The van der Waals surface area contributed by atoms with Gasteiger partial charge in [0.15, 0.2) is 5.65 Å². The summed E-state index contributed by atoms with van der Waals surface area (Å²) in [6.07, 6.45) is 1.67. The van der Waals surface area contributed by atoms with Crippen LogP contribution >= 0.6 is 0 Å². The number of H-pyrrole nitrogens is 1. The molecule has 2 heterocycles. The maximum absolute atomic E-state index is 9.75. The van der Waals surface area contributed by atoms with E-state index in [2.05, 4.69) is 20.3 Å². The zero-order valence-electron chi connectivity index (χ0n) is 7.74. The van der Waals surface area contributed by atoms with Gasteiger partial charge in [0.1, 0.15) is 0 Å². The third-order valence-electron chi connectivity index (χ3n) is 1.44. The molecule has 2 rings (SSSR count). The van der Waals surface area contributed by atoms with Gasteiger partial charge in [-0.3, -0.25) is 5.10 Å². The van der Waals surface area contributed by atoms with E-state index in [-0.39, 0.29) is 0 Å². The molecule has 2 aromatic rings. The molecule has 0 aliphatic heterocycles. The molecule has 0 bridgehead atoms. The number of nitrogens with two attached hydrogens (primary N) is 1. The van der Waals surface area contributed by atoms with Gasteiger partial charge in [0.25, 0.3) is 0 Å². The van der Waals surface area contributed by atoms with Gasteiger partial charge in [-0.2, -0.15) is 10.6 Å². The van der Waals surface area contributed by atoms with Gasteiger partial charge in [-0.1, -0.05) is 0 Å². The first kappa shape index (κ1) is 12.1. The SMILES string of the molecule is F[B-](F)(F)F.[NH2+]=Nc1[nH]nc2ncccc12. The Balaban J connectivity index is 0.000000221. The van der Waals surface area contributed by atoms with Crippen LogP contribution in [0.4, 0.5) is 23.1 Å². The van der Waals surface area contributed by atoms with E-state index < -0.39 is 7.25 Å². The molecule has 0 unspecified atom stereocenters. The van der Waals surface area contributed by atoms with Crippen molar-refractivity contribution in [2.75, 3.05) is 0 Å². The van der Waals surface area contributed by atoms with Crippen LogP contribution in [0.15, 0.2) is 23.4 Å². The molecule has 0 saturated heterocycles. The molecule has 0 saturated carbocycles. The second kappa shape index (κ2) is 4.68. The van der Waals surface area contributed by atoms with Gasteiger partial charge in [-0.25, -0.2) is 4.98 Å². The van der Waals surface area contributed by atoms with Crippen molar-refractivity contribution in [2.24, 2.45) is 5.11 Å². The van der Waals surface area contributed by atoms with Crippen LogP contribution in [0.2, 0.25) is 0 Å². The van der Waals surface area contributed by atoms with Crippen molar-refractivity contribution in [2.45, 2.75) is 0 Å². The Morgan fingerprint density at radius 1 is 1.31 bits per heavy atom. The summed E-state index contributed by atoms with van der Waals surface area (Å²) < 4.78 is 39.0. The second-order valence-electron chi connectivity index (χ2n) is 2.57. The fourth-order valence-electron chi connectivity index (χ4n) is 0.935. The molecular weight excluding hydrogens is 229 g/mol. The van der Waals surface area contributed by atoms with E-state index >= 15 is 0 Å². The highest BCUT2D eigenvalue weighted by molar-refractivity contribution is 6.50. The molecule has 0 aliphatic rings. The number of rotatable bonds is 1. The molecule has 0 aromatic carbocycles. The second-order valence-corrected chi connectivity index (χ2v) is 2.57. The summed E-state index contributed by atoms with van der Waals surface area (Å²) in [6.45, 7) is 0. The molecule has 0 amide bonds. The molecule has 5 nitrogen and oxygen atoms in total. The van der Waals surface area contributed by atoms with Crippen LogP contribution in [0.1, 0.15) is 0 Å². The smallest absolute Gasteiger partial charge is 0.418 e. The lowest BCUT2D eigenvalue weighted by atomic mass is 10.3. The lowest BCUT2D eigenvalue weighted by molar-refractivity contribution is -0.210. The lowest BCUT2D eigenvalue weighted by Gasteiger charge is -1.94. The van der Waals surface area contributed by atoms with Crippen molar-refractivity contribution >= 4 is 24.1 Å². The van der Waals surface area contributed by atoms with Gasteiger partial charge < -0.3 is 17.3 Å². The summed E-state index contributed by atoms with van der Waals surface area (Å²) in [6, 6.07) is 3.67. The van der Waals surface area contributed by atoms with Crippen LogP contribution in [0.3, 0.4) is 0 Å². The highest BCUT2D eigenvalue weighted by Crippen LogP contribution is 2.18. The van der Waals surface area contributed by atoms with Crippen molar-refractivity contribution in [3.63, 3.8) is 0 Å². The Kier molecular flexibility index (Phi) is 3.53. The summed E-state index contributed by atoms with van der Waals surface area (Å²) in [5, 5.41) is 10.9. The Morgan fingerprint density at radius 2 is 1.94 bits per heavy atom. The first-order valence-corrected chi connectivity index (χ1v) is 3.99. The van der Waals surface area contributed by atoms with Crippen molar-refractivity contribution in [3.8, 4) is 0 Å². The van der Waals surface area contributed by atoms with Crippen LogP contribution in [0.25, 0.3) is 11.0 Å². The maximum atomic E-state index is 9.75. The van der Waals surface area contributed by atoms with Crippen LogP contribution < -0.4 is 5.53 Å². The monoisotopic (exact) mass is 235 g/mol. The Bertz CT molecular complexity index is 475. The molecule has 0 spiro atoms. The highest BCUT2D eigenvalue weighted by atomic mass is 19.5. The predicted octanol–water partition coefficient (Wildman–Crippen LogP) is 1.10. The lowest BCUT2D eigenvalue weighted by Crippen LogP contribution is -2.22. The molecule has 10 heteroatoms. The standard InChI is InChI=1S/C6H5N5.BF4/c7-9-6-4-2-1-3-8-5(4)10-11-6;2-1(3,4)5/h1-3,7H,(H,8,10,11);/q;-1/p+1. The molecule has 3 N–H and O–H groups in total. The molecule has 2 aromatic heterocycles. The molecule has 0 radical (unpaired) electrons. The molecular formula is C6H6BF4N5. The average molecular weight is 235 g/mol. The number of pyridine rings is 1. The zero-order valence-corrected chi connectivity index (χ0v) is 7.74. The number of aromatic amines is 1. The van der Waals surface area contributed by atoms with Crippen molar-refractivity contribution in [1.29, 1.82) is 0 Å². The predicted molar refractivity (Wildman–Crippen MR) is 48.1 cm³/mol. The average Bonchev–Trinajstić information content (AvgIpc) is 2.58. The van der Waals surface area contributed by atoms with Crippen LogP contribution in [-0.2, 0) is 0 Å². The van der Waals surface area contributed by atoms with Crippen molar-refractivity contribution in [1.82, 2.24) is 15.2 Å². The highest BCUT2D eigenvalue weighted by Gasteiger charge is 2.20. The van der Waals surface area contributed by atoms with Gasteiger partial charge in [0.05, 0.1) is 5.39 Å². The summed E-state index contributed by atoms with van der Waals surface area (Å²) in [7, 11) is -6.00. The van der Waals surface area contributed by atoms with Gasteiger partial charge in [-0.05, 0) is 12.1 Å². The number of hydrogen-bond acceptors (Lipinski definition) is 3. The minimum absolute atomic E-state index is 0.563. The number of aromatic nitrogens is 3. The Morgan fingerprint density at radius 3 is 2.50 bits per heavy atom. The molecule has 0 atom stereocenters. The number of hydrogen-bond donors (Lipinski definition) is 2. The number of nitrogens with zero attached hydrogens (tertiary/aromatic N) is 3. The van der Waals surface area contributed by atoms with E-state index in [0.29, 0.717) is 11.5 Å². The summed E-state index contributed by atoms with van der Waals surface area (Å²) in [5.74, 6) is 0.563. The first-order valence-electron chi connectivity index (χ1n) is 3.99. The fourth-order valence-corrected chi connectivity index (χ4v) is 0.935.